The molecule has 0 aromatic heterocycles. The molecule has 0 heterocycles. The van der Waals surface area contributed by atoms with Crippen molar-refractivity contribution in [3.05, 3.63) is 30.3 Å². The van der Waals surface area contributed by atoms with E-state index in [0.29, 0.717) is 6.54 Å². The highest BCUT2D eigenvalue weighted by molar-refractivity contribution is 5.90. The van der Waals surface area contributed by atoms with Gasteiger partial charge in [-0.2, -0.15) is 0 Å². The fourth-order valence-electron chi connectivity index (χ4n) is 1.11. The van der Waals surface area contributed by atoms with Crippen LogP contribution in [0.15, 0.2) is 30.3 Å². The van der Waals surface area contributed by atoms with Gasteiger partial charge in [0.2, 0.25) is 0 Å². The van der Waals surface area contributed by atoms with Gasteiger partial charge in [-0.3, -0.25) is 10.1 Å². The number of benzene rings is 1. The Kier molecular flexibility index (Phi) is 3.28. The molecule has 70 valence electrons. The van der Waals surface area contributed by atoms with Crippen molar-refractivity contribution in [3.63, 3.8) is 0 Å². The maximum Gasteiger partial charge on any atom is 0.345 e. The van der Waals surface area contributed by atoms with E-state index in [-0.39, 0.29) is 0 Å². The summed E-state index contributed by atoms with van der Waals surface area (Å²) in [5, 5.41) is 8.46. The number of hydrogen-bond donors (Lipinski definition) is 2. The molecule has 1 aromatic carbocycles. The SMILES string of the molecule is CCN(C(=O)NO)c1ccccc1. The van der Waals surface area contributed by atoms with E-state index < -0.39 is 6.03 Å². The molecular weight excluding hydrogens is 168 g/mol. The van der Waals surface area contributed by atoms with E-state index in [1.807, 2.05) is 25.1 Å². The predicted molar refractivity (Wildman–Crippen MR) is 49.8 cm³/mol. The Bertz CT molecular complexity index is 274. The first kappa shape index (κ1) is 9.54. The zero-order chi connectivity index (χ0) is 9.68. The first-order valence-corrected chi connectivity index (χ1v) is 4.06. The second kappa shape index (κ2) is 4.47. The number of rotatable bonds is 2. The minimum atomic E-state index is -0.520. The zero-order valence-corrected chi connectivity index (χ0v) is 7.40. The Hall–Kier alpha value is -1.55. The average molecular weight is 180 g/mol. The molecule has 0 fully saturated rings. The Morgan fingerprint density at radius 3 is 2.54 bits per heavy atom. The number of urea groups is 1. The van der Waals surface area contributed by atoms with Gasteiger partial charge in [-0.25, -0.2) is 10.3 Å². The molecular formula is C9H12N2O2. The van der Waals surface area contributed by atoms with Crippen molar-refractivity contribution in [3.8, 4) is 0 Å². The molecule has 4 nitrogen and oxygen atoms in total. The van der Waals surface area contributed by atoms with Crippen molar-refractivity contribution in [1.82, 2.24) is 5.48 Å². The van der Waals surface area contributed by atoms with Crippen LogP contribution >= 0.6 is 0 Å². The van der Waals surface area contributed by atoms with E-state index in [2.05, 4.69) is 0 Å². The van der Waals surface area contributed by atoms with Gasteiger partial charge in [0.25, 0.3) is 0 Å². The third-order valence-electron chi connectivity index (χ3n) is 1.72. The Balaban J connectivity index is 2.85. The molecule has 0 radical (unpaired) electrons. The molecule has 1 rings (SSSR count). The van der Waals surface area contributed by atoms with Crippen LogP contribution in [0, 0.1) is 0 Å². The lowest BCUT2D eigenvalue weighted by Gasteiger charge is -2.19. The summed E-state index contributed by atoms with van der Waals surface area (Å²) in [7, 11) is 0. The number of nitrogens with one attached hydrogen (secondary N) is 1. The molecule has 0 unspecified atom stereocenters. The standard InChI is InChI=1S/C9H12N2O2/c1-2-11(9(12)10-13)8-6-4-3-5-7-8/h3-7,13H,2H2,1H3,(H,10,12). The molecule has 2 amide bonds. The molecule has 0 saturated carbocycles. The number of carbonyl (C=O) groups is 1. The monoisotopic (exact) mass is 180 g/mol. The van der Waals surface area contributed by atoms with Gasteiger partial charge in [0.15, 0.2) is 0 Å². The second-order valence-electron chi connectivity index (χ2n) is 2.50. The van der Waals surface area contributed by atoms with Crippen LogP contribution in [0.25, 0.3) is 0 Å². The van der Waals surface area contributed by atoms with E-state index in [0.717, 1.165) is 5.69 Å². The van der Waals surface area contributed by atoms with E-state index in [4.69, 9.17) is 5.21 Å². The molecule has 0 saturated heterocycles. The summed E-state index contributed by atoms with van der Waals surface area (Å²) in [6.07, 6.45) is 0. The highest BCUT2D eigenvalue weighted by Gasteiger charge is 2.11. The first-order valence-electron chi connectivity index (χ1n) is 4.06. The minimum Gasteiger partial charge on any atom is -0.293 e. The molecule has 0 bridgehead atoms. The molecule has 0 aliphatic carbocycles. The van der Waals surface area contributed by atoms with Gasteiger partial charge in [-0.05, 0) is 19.1 Å². The van der Waals surface area contributed by atoms with Crippen molar-refractivity contribution in [2.24, 2.45) is 0 Å². The van der Waals surface area contributed by atoms with Crippen LogP contribution in [-0.2, 0) is 0 Å². The molecule has 2 N–H and O–H groups in total. The third-order valence-corrected chi connectivity index (χ3v) is 1.72. The normalized spacial score (nSPS) is 9.38. The van der Waals surface area contributed by atoms with Crippen molar-refractivity contribution in [2.45, 2.75) is 6.92 Å². The van der Waals surface area contributed by atoms with E-state index in [9.17, 15) is 4.79 Å². The van der Waals surface area contributed by atoms with Crippen LogP contribution in [0.5, 0.6) is 0 Å². The summed E-state index contributed by atoms with van der Waals surface area (Å²) in [5.74, 6) is 0. The number of hydrogen-bond acceptors (Lipinski definition) is 2. The van der Waals surface area contributed by atoms with Crippen LogP contribution in [0.3, 0.4) is 0 Å². The van der Waals surface area contributed by atoms with Crippen molar-refractivity contribution in [1.29, 1.82) is 0 Å². The van der Waals surface area contributed by atoms with Gasteiger partial charge in [-0.1, -0.05) is 18.2 Å². The molecule has 4 heteroatoms. The van der Waals surface area contributed by atoms with Gasteiger partial charge >= 0.3 is 6.03 Å². The van der Waals surface area contributed by atoms with Gasteiger partial charge < -0.3 is 0 Å². The predicted octanol–water partition coefficient (Wildman–Crippen LogP) is 1.61. The summed E-state index contributed by atoms with van der Waals surface area (Å²) < 4.78 is 0. The highest BCUT2D eigenvalue weighted by atomic mass is 16.5. The number of carbonyl (C=O) groups excluding carboxylic acids is 1. The Morgan fingerprint density at radius 1 is 1.46 bits per heavy atom. The van der Waals surface area contributed by atoms with Crippen LogP contribution in [0.4, 0.5) is 10.5 Å². The lowest BCUT2D eigenvalue weighted by molar-refractivity contribution is 0.167. The number of nitrogens with zero attached hydrogens (tertiary/aromatic N) is 1. The summed E-state index contributed by atoms with van der Waals surface area (Å²) in [6.45, 7) is 2.35. The number of hydroxylamine groups is 1. The van der Waals surface area contributed by atoms with Crippen LogP contribution in [-0.4, -0.2) is 17.8 Å². The summed E-state index contributed by atoms with van der Waals surface area (Å²) in [6, 6.07) is 8.63. The van der Waals surface area contributed by atoms with E-state index in [1.54, 1.807) is 17.6 Å². The molecule has 0 aliphatic rings. The van der Waals surface area contributed by atoms with E-state index >= 15 is 0 Å². The molecule has 0 atom stereocenters. The smallest absolute Gasteiger partial charge is 0.293 e. The van der Waals surface area contributed by atoms with Gasteiger partial charge in [0.05, 0.1) is 0 Å². The summed E-state index contributed by atoms with van der Waals surface area (Å²) >= 11 is 0. The van der Waals surface area contributed by atoms with Crippen molar-refractivity contribution < 1.29 is 10.0 Å². The lowest BCUT2D eigenvalue weighted by atomic mass is 10.3. The lowest BCUT2D eigenvalue weighted by Crippen LogP contribution is -2.38. The number of para-hydroxylation sites is 1. The van der Waals surface area contributed by atoms with Crippen molar-refractivity contribution >= 4 is 11.7 Å². The minimum absolute atomic E-state index is 0.510. The average Bonchev–Trinajstić information content (AvgIpc) is 2.20. The number of anilines is 1. The second-order valence-corrected chi connectivity index (χ2v) is 2.50. The molecule has 13 heavy (non-hydrogen) atoms. The molecule has 0 spiro atoms. The van der Waals surface area contributed by atoms with Crippen molar-refractivity contribution in [2.75, 3.05) is 11.4 Å². The maximum absolute atomic E-state index is 11.1. The number of amides is 2. The van der Waals surface area contributed by atoms with Gasteiger partial charge in [-0.15, -0.1) is 0 Å². The Morgan fingerprint density at radius 2 is 2.08 bits per heavy atom. The maximum atomic E-state index is 11.1. The molecule has 0 aliphatic heterocycles. The largest absolute Gasteiger partial charge is 0.345 e. The quantitative estimate of drug-likeness (QED) is 0.536. The third kappa shape index (κ3) is 2.19. The van der Waals surface area contributed by atoms with Crippen LogP contribution < -0.4 is 10.4 Å². The van der Waals surface area contributed by atoms with Gasteiger partial charge in [0, 0.05) is 12.2 Å². The summed E-state index contributed by atoms with van der Waals surface area (Å²) in [5.41, 5.74) is 2.36. The highest BCUT2D eigenvalue weighted by Crippen LogP contribution is 2.12. The zero-order valence-electron chi connectivity index (χ0n) is 7.40. The van der Waals surface area contributed by atoms with Crippen LogP contribution in [0.1, 0.15) is 6.92 Å². The Labute approximate surface area is 76.7 Å². The fraction of sp³-hybridized carbons (Fsp3) is 0.222. The van der Waals surface area contributed by atoms with E-state index in [1.165, 1.54) is 4.90 Å². The van der Waals surface area contributed by atoms with Gasteiger partial charge in [0.1, 0.15) is 0 Å². The first-order chi connectivity index (χ1) is 6.29. The van der Waals surface area contributed by atoms with Crippen LogP contribution in [0.2, 0.25) is 0 Å². The fourth-order valence-corrected chi connectivity index (χ4v) is 1.11. The molecule has 1 aromatic rings. The summed E-state index contributed by atoms with van der Waals surface area (Å²) in [4.78, 5) is 12.5. The topological polar surface area (TPSA) is 52.6 Å².